The summed E-state index contributed by atoms with van der Waals surface area (Å²) in [6.07, 6.45) is 10.7. The Balaban J connectivity index is 3.44. The summed E-state index contributed by atoms with van der Waals surface area (Å²) in [6, 6.07) is -0.995. The molecular weight excluding hydrogens is 310 g/mol. The smallest absolute Gasteiger partial charge is 0.326 e. The molecule has 0 heterocycles. The summed E-state index contributed by atoms with van der Waals surface area (Å²) in [5.74, 6) is -1.10. The summed E-state index contributed by atoms with van der Waals surface area (Å²) in [4.78, 5) is 33.3. The lowest BCUT2D eigenvalue weighted by Crippen LogP contribution is -2.41. The number of aliphatic hydroxyl groups is 1. The van der Waals surface area contributed by atoms with Crippen molar-refractivity contribution in [3.63, 3.8) is 0 Å². The van der Waals surface area contributed by atoms with Gasteiger partial charge in [-0.25, -0.2) is 4.79 Å². The van der Waals surface area contributed by atoms with Gasteiger partial charge < -0.3 is 20.3 Å². The molecule has 6 nitrogen and oxygen atoms in total. The van der Waals surface area contributed by atoms with E-state index in [0.29, 0.717) is 12.8 Å². The third-order valence-corrected chi connectivity index (χ3v) is 3.98. The first kappa shape index (κ1) is 22.6. The van der Waals surface area contributed by atoms with Crippen LogP contribution in [0.25, 0.3) is 0 Å². The average molecular weight is 343 g/mol. The van der Waals surface area contributed by atoms with Crippen LogP contribution >= 0.6 is 0 Å². The van der Waals surface area contributed by atoms with Crippen LogP contribution in [-0.2, 0) is 14.4 Å². The Morgan fingerprint density at radius 1 is 0.833 bits per heavy atom. The Morgan fingerprint density at radius 2 is 1.29 bits per heavy atom. The van der Waals surface area contributed by atoms with Gasteiger partial charge in [-0.15, -0.1) is 0 Å². The van der Waals surface area contributed by atoms with Gasteiger partial charge in [0.25, 0.3) is 0 Å². The van der Waals surface area contributed by atoms with Crippen LogP contribution < -0.4 is 5.32 Å². The average Bonchev–Trinajstić information content (AvgIpc) is 2.51. The van der Waals surface area contributed by atoms with Crippen molar-refractivity contribution in [1.82, 2.24) is 5.32 Å². The molecule has 0 fully saturated rings. The van der Waals surface area contributed by atoms with E-state index in [9.17, 15) is 14.4 Å². The van der Waals surface area contributed by atoms with Gasteiger partial charge >= 0.3 is 5.97 Å². The maximum Gasteiger partial charge on any atom is 0.326 e. The molecule has 0 saturated heterocycles. The summed E-state index contributed by atoms with van der Waals surface area (Å²) in [5.41, 5.74) is 0. The first-order chi connectivity index (χ1) is 11.5. The second kappa shape index (κ2) is 15.1. The third kappa shape index (κ3) is 14.2. The number of carboxylic acids is 1. The van der Waals surface area contributed by atoms with Crippen LogP contribution in [0.2, 0.25) is 0 Å². The molecule has 0 aliphatic rings. The van der Waals surface area contributed by atoms with Crippen molar-refractivity contribution in [3.8, 4) is 0 Å². The Morgan fingerprint density at radius 3 is 1.71 bits per heavy atom. The molecule has 0 saturated carbocycles. The number of hydrogen-bond acceptors (Lipinski definition) is 4. The minimum atomic E-state index is -1.11. The van der Waals surface area contributed by atoms with E-state index in [1.54, 1.807) is 6.92 Å². The number of aliphatic carboxylic acids is 1. The van der Waals surface area contributed by atoms with Crippen LogP contribution in [0.5, 0.6) is 0 Å². The molecule has 0 spiro atoms. The van der Waals surface area contributed by atoms with Gasteiger partial charge in [-0.1, -0.05) is 44.9 Å². The molecule has 1 atom stereocenters. The highest BCUT2D eigenvalue weighted by molar-refractivity contribution is 5.83. The Hall–Kier alpha value is -1.43. The van der Waals surface area contributed by atoms with Gasteiger partial charge in [0.05, 0.1) is 0 Å². The first-order valence-electron chi connectivity index (χ1n) is 9.09. The molecule has 0 aromatic heterocycles. The fraction of sp³-hybridized carbons (Fsp3) is 0.833. The highest BCUT2D eigenvalue weighted by atomic mass is 16.4. The van der Waals surface area contributed by atoms with Gasteiger partial charge in [-0.3, -0.25) is 4.79 Å². The van der Waals surface area contributed by atoms with Gasteiger partial charge in [-0.2, -0.15) is 0 Å². The van der Waals surface area contributed by atoms with Crippen LogP contribution in [0.4, 0.5) is 0 Å². The van der Waals surface area contributed by atoms with E-state index in [-0.39, 0.29) is 24.7 Å². The summed E-state index contributed by atoms with van der Waals surface area (Å²) in [5, 5.41) is 20.1. The number of carboxylic acid groups (broad SMARTS) is 1. The number of Topliss-reactive ketones (excluding diaryl/α,β-unsaturated/α-hetero) is 1. The molecule has 0 bridgehead atoms. The number of aliphatic hydroxyl groups excluding tert-OH is 1. The van der Waals surface area contributed by atoms with Gasteiger partial charge in [0.1, 0.15) is 11.8 Å². The number of amides is 1. The topological polar surface area (TPSA) is 104 Å². The summed E-state index contributed by atoms with van der Waals surface area (Å²) >= 11 is 0. The number of hydrogen-bond donors (Lipinski definition) is 3. The van der Waals surface area contributed by atoms with E-state index >= 15 is 0 Å². The van der Waals surface area contributed by atoms with Gasteiger partial charge in [0.2, 0.25) is 5.91 Å². The third-order valence-electron chi connectivity index (χ3n) is 3.98. The lowest BCUT2D eigenvalue weighted by Gasteiger charge is -2.12. The monoisotopic (exact) mass is 343 g/mol. The molecule has 3 N–H and O–H groups in total. The van der Waals surface area contributed by atoms with E-state index in [4.69, 9.17) is 10.2 Å². The van der Waals surface area contributed by atoms with Gasteiger partial charge in [0.15, 0.2) is 0 Å². The van der Waals surface area contributed by atoms with E-state index < -0.39 is 12.0 Å². The van der Waals surface area contributed by atoms with Crippen molar-refractivity contribution in [1.29, 1.82) is 0 Å². The largest absolute Gasteiger partial charge is 0.480 e. The standard InChI is InChI=1S/C18H33NO5/c1-15(21)11-9-7-5-3-2-4-6-8-10-12-17(22)19-16(13-14-20)18(23)24/h16,20H,2-14H2,1H3,(H,19,22)(H,23,24)/t16-/m0/s1. The van der Waals surface area contributed by atoms with Crippen LogP contribution in [0.15, 0.2) is 0 Å². The summed E-state index contributed by atoms with van der Waals surface area (Å²) in [7, 11) is 0. The van der Waals surface area contributed by atoms with Crippen LogP contribution in [0.1, 0.15) is 84.0 Å². The number of rotatable bonds is 16. The Labute approximate surface area is 145 Å². The zero-order valence-electron chi connectivity index (χ0n) is 14.9. The maximum absolute atomic E-state index is 11.6. The van der Waals surface area contributed by atoms with E-state index in [1.807, 2.05) is 0 Å². The molecule has 6 heteroatoms. The van der Waals surface area contributed by atoms with Gasteiger partial charge in [-0.05, 0) is 19.8 Å². The first-order valence-corrected chi connectivity index (χ1v) is 9.09. The second-order valence-electron chi connectivity index (χ2n) is 6.35. The predicted molar refractivity (Wildman–Crippen MR) is 92.7 cm³/mol. The molecule has 0 aliphatic heterocycles. The maximum atomic E-state index is 11.6. The molecule has 24 heavy (non-hydrogen) atoms. The molecule has 140 valence electrons. The Bertz CT molecular complexity index is 370. The SMILES string of the molecule is CC(=O)CCCCCCCCCCCC(=O)N[C@@H](CCO)C(=O)O. The second-order valence-corrected chi connectivity index (χ2v) is 6.35. The molecule has 0 aromatic carbocycles. The lowest BCUT2D eigenvalue weighted by atomic mass is 10.0. The van der Waals surface area contributed by atoms with Crippen LogP contribution in [0, 0.1) is 0 Å². The molecule has 0 radical (unpaired) electrons. The van der Waals surface area contributed by atoms with Crippen molar-refractivity contribution >= 4 is 17.7 Å². The van der Waals surface area contributed by atoms with Crippen LogP contribution in [0.3, 0.4) is 0 Å². The van der Waals surface area contributed by atoms with Crippen molar-refractivity contribution in [2.24, 2.45) is 0 Å². The molecule has 1 amide bonds. The minimum absolute atomic E-state index is 0.0352. The number of carbonyl (C=O) groups excluding carboxylic acids is 2. The van der Waals surface area contributed by atoms with Crippen molar-refractivity contribution in [3.05, 3.63) is 0 Å². The molecule has 0 rings (SSSR count). The number of nitrogens with one attached hydrogen (secondary N) is 1. The number of ketones is 1. The van der Waals surface area contributed by atoms with Crippen LogP contribution in [-0.4, -0.2) is 40.5 Å². The molecule has 0 unspecified atom stereocenters. The summed E-state index contributed by atoms with van der Waals surface area (Å²) < 4.78 is 0. The zero-order chi connectivity index (χ0) is 18.2. The summed E-state index contributed by atoms with van der Waals surface area (Å²) in [6.45, 7) is 1.38. The van der Waals surface area contributed by atoms with Crippen molar-refractivity contribution in [2.45, 2.75) is 90.0 Å². The Kier molecular flexibility index (Phi) is 14.2. The minimum Gasteiger partial charge on any atom is -0.480 e. The van der Waals surface area contributed by atoms with E-state index in [0.717, 1.165) is 38.5 Å². The van der Waals surface area contributed by atoms with Gasteiger partial charge in [0, 0.05) is 25.9 Å². The normalized spacial score (nSPS) is 11.9. The molecule has 0 aliphatic carbocycles. The van der Waals surface area contributed by atoms with E-state index in [1.165, 1.54) is 19.3 Å². The van der Waals surface area contributed by atoms with Crippen molar-refractivity contribution in [2.75, 3.05) is 6.61 Å². The molecular formula is C18H33NO5. The zero-order valence-corrected chi connectivity index (χ0v) is 14.9. The van der Waals surface area contributed by atoms with Crippen molar-refractivity contribution < 1.29 is 24.6 Å². The molecule has 0 aromatic rings. The lowest BCUT2D eigenvalue weighted by molar-refractivity contribution is -0.142. The predicted octanol–water partition coefficient (Wildman–Crippen LogP) is 2.82. The highest BCUT2D eigenvalue weighted by Gasteiger charge is 2.18. The number of carbonyl (C=O) groups is 3. The quantitative estimate of drug-likeness (QED) is 0.374. The fourth-order valence-electron chi connectivity index (χ4n) is 2.55. The number of unbranched alkanes of at least 4 members (excludes halogenated alkanes) is 8. The highest BCUT2D eigenvalue weighted by Crippen LogP contribution is 2.11. The fourth-order valence-corrected chi connectivity index (χ4v) is 2.55. The van der Waals surface area contributed by atoms with E-state index in [2.05, 4.69) is 5.32 Å².